The fourth-order valence-electron chi connectivity index (χ4n) is 1.56. The average Bonchev–Trinajstić information content (AvgIpc) is 2.14. The van der Waals surface area contributed by atoms with Crippen LogP contribution in [0.1, 0.15) is 38.5 Å². The molecule has 0 unspecified atom stereocenters. The van der Waals surface area contributed by atoms with Gasteiger partial charge >= 0.3 is 7.12 Å². The average molecular weight is 154 g/mol. The normalized spacial score (nSPS) is 19.3. The molecule has 1 rings (SSSR count). The molecule has 2 nitrogen and oxygen atoms in total. The van der Waals surface area contributed by atoms with Gasteiger partial charge < -0.3 is 10.0 Å². The number of hydrogen-bond donors (Lipinski definition) is 2. The molecule has 0 radical (unpaired) electrons. The van der Waals surface area contributed by atoms with Gasteiger partial charge in [-0.2, -0.15) is 0 Å². The van der Waals surface area contributed by atoms with E-state index >= 15 is 0 Å². The molecule has 0 amide bonds. The van der Waals surface area contributed by atoms with E-state index in [1.165, 1.54) is 31.3 Å². The third-order valence-electron chi connectivity index (χ3n) is 2.13. The van der Waals surface area contributed by atoms with Gasteiger partial charge in [-0.1, -0.05) is 24.4 Å². The summed E-state index contributed by atoms with van der Waals surface area (Å²) in [5.74, 6) is 1.57. The van der Waals surface area contributed by atoms with Crippen LogP contribution in [0.25, 0.3) is 0 Å². The molecule has 0 saturated heterocycles. The summed E-state index contributed by atoms with van der Waals surface area (Å²) in [5, 5.41) is 17.4. The lowest BCUT2D eigenvalue weighted by Gasteiger charge is -2.00. The quantitative estimate of drug-likeness (QED) is 0.441. The minimum atomic E-state index is -1.25. The molecule has 2 N–H and O–H groups in total. The molecule has 0 bridgehead atoms. The minimum Gasteiger partial charge on any atom is -0.424 e. The molecule has 62 valence electrons. The summed E-state index contributed by atoms with van der Waals surface area (Å²) in [6.07, 6.45) is 7.10. The second-order valence-corrected chi connectivity index (χ2v) is 3.15. The predicted octanol–water partition coefficient (Wildman–Crippen LogP) is 1.28. The first-order chi connectivity index (χ1) is 5.29. The molecule has 0 atom stereocenters. The van der Waals surface area contributed by atoms with Crippen LogP contribution in [0.15, 0.2) is 11.5 Å². The summed E-state index contributed by atoms with van der Waals surface area (Å²) >= 11 is 0. The van der Waals surface area contributed by atoms with Crippen molar-refractivity contribution in [1.82, 2.24) is 0 Å². The number of rotatable bonds is 1. The molecular weight excluding hydrogens is 139 g/mol. The Balaban J connectivity index is 2.42. The molecule has 3 heteroatoms. The summed E-state index contributed by atoms with van der Waals surface area (Å²) in [6, 6.07) is 0. The van der Waals surface area contributed by atoms with Gasteiger partial charge in [0.05, 0.1) is 0 Å². The summed E-state index contributed by atoms with van der Waals surface area (Å²) in [7, 11) is -1.25. The molecule has 0 aromatic carbocycles. The van der Waals surface area contributed by atoms with Crippen LogP contribution >= 0.6 is 0 Å². The first-order valence-corrected chi connectivity index (χ1v) is 4.35. The van der Waals surface area contributed by atoms with Crippen molar-refractivity contribution >= 4 is 7.12 Å². The van der Waals surface area contributed by atoms with Crippen LogP contribution in [0, 0.1) is 0 Å². The Kier molecular flexibility index (Phi) is 3.67. The Labute approximate surface area is 68.1 Å². The van der Waals surface area contributed by atoms with Crippen LogP contribution in [0.5, 0.6) is 0 Å². The molecule has 1 fully saturated rings. The van der Waals surface area contributed by atoms with Gasteiger partial charge in [0, 0.05) is 0 Å². The first kappa shape index (κ1) is 8.82. The lowest BCUT2D eigenvalue weighted by atomic mass is 9.86. The molecule has 0 aliphatic heterocycles. The van der Waals surface area contributed by atoms with E-state index in [9.17, 15) is 0 Å². The molecule has 1 aliphatic rings. The molecule has 0 spiro atoms. The van der Waals surface area contributed by atoms with E-state index in [-0.39, 0.29) is 0 Å². The van der Waals surface area contributed by atoms with Crippen LogP contribution in [0.3, 0.4) is 0 Å². The zero-order valence-electron chi connectivity index (χ0n) is 6.79. The summed E-state index contributed by atoms with van der Waals surface area (Å²) in [5.41, 5.74) is 1.22. The van der Waals surface area contributed by atoms with Gasteiger partial charge in [-0.05, 0) is 25.7 Å². The third-order valence-corrected chi connectivity index (χ3v) is 2.13. The Morgan fingerprint density at radius 3 is 2.00 bits per heavy atom. The number of allylic oxidation sites excluding steroid dienone is 1. The highest BCUT2D eigenvalue weighted by Gasteiger charge is 2.07. The molecule has 11 heavy (non-hydrogen) atoms. The van der Waals surface area contributed by atoms with Gasteiger partial charge in [0.1, 0.15) is 0 Å². The van der Waals surface area contributed by atoms with E-state index < -0.39 is 7.12 Å². The van der Waals surface area contributed by atoms with Crippen molar-refractivity contribution in [2.75, 3.05) is 0 Å². The van der Waals surface area contributed by atoms with Crippen molar-refractivity contribution < 1.29 is 10.0 Å². The topological polar surface area (TPSA) is 40.5 Å². The summed E-state index contributed by atoms with van der Waals surface area (Å²) < 4.78 is 0. The smallest absolute Gasteiger partial charge is 0.424 e. The fraction of sp³-hybridized carbons (Fsp3) is 0.750. The van der Waals surface area contributed by atoms with E-state index in [1.807, 2.05) is 0 Å². The van der Waals surface area contributed by atoms with Crippen molar-refractivity contribution in [3.8, 4) is 0 Å². The second kappa shape index (κ2) is 4.57. The van der Waals surface area contributed by atoms with E-state index in [0.29, 0.717) is 0 Å². The van der Waals surface area contributed by atoms with Gasteiger partial charge in [0.25, 0.3) is 0 Å². The maximum absolute atomic E-state index is 8.68. The standard InChI is InChI=1S/C8H15BO2/c10-9(11)7-8-5-3-1-2-4-6-8/h7,10-11H,1-6H2. The predicted molar refractivity (Wildman–Crippen MR) is 46.0 cm³/mol. The maximum Gasteiger partial charge on any atom is 0.480 e. The SMILES string of the molecule is OB(O)C=C1CCCCCC1. The van der Waals surface area contributed by atoms with Gasteiger partial charge in [-0.25, -0.2) is 0 Å². The molecule has 0 heterocycles. The Morgan fingerprint density at radius 1 is 1.00 bits per heavy atom. The second-order valence-electron chi connectivity index (χ2n) is 3.15. The van der Waals surface area contributed by atoms with Crippen LogP contribution in [-0.2, 0) is 0 Å². The molecule has 1 saturated carbocycles. The monoisotopic (exact) mass is 154 g/mol. The van der Waals surface area contributed by atoms with Crippen molar-refractivity contribution in [2.45, 2.75) is 38.5 Å². The van der Waals surface area contributed by atoms with Crippen LogP contribution in [-0.4, -0.2) is 17.2 Å². The lowest BCUT2D eigenvalue weighted by molar-refractivity contribution is 0.423. The number of hydrogen-bond acceptors (Lipinski definition) is 2. The summed E-state index contributed by atoms with van der Waals surface area (Å²) in [6.45, 7) is 0. The Bertz CT molecular complexity index is 133. The van der Waals surface area contributed by atoms with Crippen molar-refractivity contribution in [2.24, 2.45) is 0 Å². The van der Waals surface area contributed by atoms with Gasteiger partial charge in [0.2, 0.25) is 0 Å². The zero-order chi connectivity index (χ0) is 8.10. The van der Waals surface area contributed by atoms with Gasteiger partial charge in [0.15, 0.2) is 0 Å². The van der Waals surface area contributed by atoms with Crippen LogP contribution < -0.4 is 0 Å². The van der Waals surface area contributed by atoms with Crippen molar-refractivity contribution in [1.29, 1.82) is 0 Å². The molecule has 0 aromatic rings. The molecular formula is C8H15BO2. The van der Waals surface area contributed by atoms with E-state index in [1.54, 1.807) is 5.98 Å². The summed E-state index contributed by atoms with van der Waals surface area (Å²) in [4.78, 5) is 0. The van der Waals surface area contributed by atoms with E-state index in [4.69, 9.17) is 10.0 Å². The highest BCUT2D eigenvalue weighted by atomic mass is 16.4. The highest BCUT2D eigenvalue weighted by molar-refractivity contribution is 6.47. The third kappa shape index (κ3) is 3.58. The highest BCUT2D eigenvalue weighted by Crippen LogP contribution is 2.21. The van der Waals surface area contributed by atoms with E-state index in [0.717, 1.165) is 12.8 Å². The maximum atomic E-state index is 8.68. The minimum absolute atomic E-state index is 1.05. The van der Waals surface area contributed by atoms with Crippen LogP contribution in [0.2, 0.25) is 0 Å². The largest absolute Gasteiger partial charge is 0.480 e. The first-order valence-electron chi connectivity index (χ1n) is 4.35. The van der Waals surface area contributed by atoms with E-state index in [2.05, 4.69) is 0 Å². The Morgan fingerprint density at radius 2 is 1.55 bits per heavy atom. The zero-order valence-corrected chi connectivity index (χ0v) is 6.79. The lowest BCUT2D eigenvalue weighted by Crippen LogP contribution is -2.07. The van der Waals surface area contributed by atoms with Crippen molar-refractivity contribution in [3.05, 3.63) is 11.5 Å². The molecule has 1 aliphatic carbocycles. The molecule has 0 aromatic heterocycles. The van der Waals surface area contributed by atoms with Gasteiger partial charge in [-0.15, -0.1) is 0 Å². The van der Waals surface area contributed by atoms with Crippen molar-refractivity contribution in [3.63, 3.8) is 0 Å². The van der Waals surface area contributed by atoms with Crippen LogP contribution in [0.4, 0.5) is 0 Å². The van der Waals surface area contributed by atoms with Gasteiger partial charge in [-0.3, -0.25) is 0 Å². The Hall–Kier alpha value is -0.275. The fourth-order valence-corrected chi connectivity index (χ4v) is 1.56.